The van der Waals surface area contributed by atoms with Crippen LogP contribution in [0, 0.1) is 35.5 Å². The Labute approximate surface area is 137 Å². The van der Waals surface area contributed by atoms with Crippen molar-refractivity contribution < 1.29 is 10.2 Å². The van der Waals surface area contributed by atoms with Gasteiger partial charge in [-0.05, 0) is 61.2 Å². The normalized spacial score (nSPS) is 47.2. The van der Waals surface area contributed by atoms with Crippen LogP contribution in [0.3, 0.4) is 0 Å². The summed E-state index contributed by atoms with van der Waals surface area (Å²) in [4.78, 5) is 0. The molecule has 0 aliphatic heterocycles. The predicted molar refractivity (Wildman–Crippen MR) is 92.6 cm³/mol. The molecule has 22 heavy (non-hydrogen) atoms. The van der Waals surface area contributed by atoms with Gasteiger partial charge in [0.05, 0.1) is 11.2 Å². The maximum atomic E-state index is 11.8. The van der Waals surface area contributed by atoms with Gasteiger partial charge in [-0.25, -0.2) is 0 Å². The Morgan fingerprint density at radius 3 is 1.27 bits per heavy atom. The first kappa shape index (κ1) is 18.3. The SMILES string of the molecule is CC1CCC(C(C)C)C(O)(C2(O)CC(C)CCC2C(C)C)C1. The van der Waals surface area contributed by atoms with E-state index in [2.05, 4.69) is 41.5 Å². The van der Waals surface area contributed by atoms with Crippen molar-refractivity contribution in [3.05, 3.63) is 0 Å². The van der Waals surface area contributed by atoms with E-state index >= 15 is 0 Å². The fourth-order valence-corrected chi connectivity index (χ4v) is 5.74. The van der Waals surface area contributed by atoms with Crippen LogP contribution in [0.5, 0.6) is 0 Å². The van der Waals surface area contributed by atoms with Gasteiger partial charge in [-0.3, -0.25) is 0 Å². The summed E-state index contributed by atoms with van der Waals surface area (Å²) in [6.45, 7) is 13.3. The third-order valence-electron chi connectivity index (χ3n) is 6.85. The van der Waals surface area contributed by atoms with Crippen molar-refractivity contribution >= 4 is 0 Å². The Kier molecular flexibility index (Phi) is 5.34. The third-order valence-corrected chi connectivity index (χ3v) is 6.85. The van der Waals surface area contributed by atoms with E-state index in [-0.39, 0.29) is 11.8 Å². The Morgan fingerprint density at radius 2 is 1.00 bits per heavy atom. The van der Waals surface area contributed by atoms with Crippen LogP contribution in [0.4, 0.5) is 0 Å². The van der Waals surface area contributed by atoms with Crippen LogP contribution in [0.15, 0.2) is 0 Å². The zero-order chi connectivity index (χ0) is 16.7. The van der Waals surface area contributed by atoms with E-state index in [4.69, 9.17) is 0 Å². The van der Waals surface area contributed by atoms with Crippen molar-refractivity contribution in [2.75, 3.05) is 0 Å². The van der Waals surface area contributed by atoms with Crippen molar-refractivity contribution in [3.63, 3.8) is 0 Å². The second-order valence-corrected chi connectivity index (χ2v) is 9.32. The van der Waals surface area contributed by atoms with Crippen LogP contribution in [-0.2, 0) is 0 Å². The molecule has 0 radical (unpaired) electrons. The Morgan fingerprint density at radius 1 is 0.682 bits per heavy atom. The molecule has 2 saturated carbocycles. The lowest BCUT2D eigenvalue weighted by atomic mass is 9.52. The lowest BCUT2D eigenvalue weighted by Crippen LogP contribution is -2.67. The first-order valence-electron chi connectivity index (χ1n) is 9.56. The van der Waals surface area contributed by atoms with E-state index in [9.17, 15) is 10.2 Å². The predicted octanol–water partition coefficient (Wildman–Crippen LogP) is 4.63. The molecule has 130 valence electrons. The summed E-state index contributed by atoms with van der Waals surface area (Å²) >= 11 is 0. The summed E-state index contributed by atoms with van der Waals surface area (Å²) in [5.41, 5.74) is -1.83. The van der Waals surface area contributed by atoms with Gasteiger partial charge in [0, 0.05) is 0 Å². The Hall–Kier alpha value is -0.0800. The number of hydrogen-bond donors (Lipinski definition) is 2. The van der Waals surface area contributed by atoms with Gasteiger partial charge >= 0.3 is 0 Å². The van der Waals surface area contributed by atoms with Crippen LogP contribution in [0.2, 0.25) is 0 Å². The first-order chi connectivity index (χ1) is 10.1. The molecule has 2 N–H and O–H groups in total. The number of aliphatic hydroxyl groups is 2. The summed E-state index contributed by atoms with van der Waals surface area (Å²) < 4.78 is 0. The monoisotopic (exact) mass is 310 g/mol. The molecule has 0 aromatic heterocycles. The summed E-state index contributed by atoms with van der Waals surface area (Å²) in [5, 5.41) is 23.7. The molecule has 2 nitrogen and oxygen atoms in total. The number of rotatable bonds is 3. The van der Waals surface area contributed by atoms with Gasteiger partial charge < -0.3 is 10.2 Å². The highest BCUT2D eigenvalue weighted by molar-refractivity contribution is 5.12. The maximum Gasteiger partial charge on any atom is 0.0969 e. The Bertz CT molecular complexity index is 342. The second kappa shape index (κ2) is 6.43. The average molecular weight is 311 g/mol. The van der Waals surface area contributed by atoms with Gasteiger partial charge in [-0.1, -0.05) is 54.4 Å². The molecule has 0 amide bonds. The number of hydrogen-bond acceptors (Lipinski definition) is 2. The van der Waals surface area contributed by atoms with E-state index < -0.39 is 11.2 Å². The highest BCUT2D eigenvalue weighted by Gasteiger charge is 2.61. The molecular formula is C20H38O2. The van der Waals surface area contributed by atoms with Gasteiger partial charge in [-0.2, -0.15) is 0 Å². The van der Waals surface area contributed by atoms with Crippen molar-refractivity contribution in [1.29, 1.82) is 0 Å². The second-order valence-electron chi connectivity index (χ2n) is 9.32. The average Bonchev–Trinajstić information content (AvgIpc) is 2.37. The highest BCUT2D eigenvalue weighted by Crippen LogP contribution is 2.55. The quantitative estimate of drug-likeness (QED) is 0.797. The fraction of sp³-hybridized carbons (Fsp3) is 1.00. The van der Waals surface area contributed by atoms with E-state index in [1.54, 1.807) is 0 Å². The first-order valence-corrected chi connectivity index (χ1v) is 9.56. The van der Waals surface area contributed by atoms with Crippen LogP contribution in [-0.4, -0.2) is 21.4 Å². The molecule has 0 spiro atoms. The lowest BCUT2D eigenvalue weighted by Gasteiger charge is -2.59. The van der Waals surface area contributed by atoms with Gasteiger partial charge in [-0.15, -0.1) is 0 Å². The van der Waals surface area contributed by atoms with E-state index in [0.29, 0.717) is 23.7 Å². The minimum absolute atomic E-state index is 0.222. The van der Waals surface area contributed by atoms with Crippen LogP contribution < -0.4 is 0 Å². The van der Waals surface area contributed by atoms with Crippen molar-refractivity contribution in [2.24, 2.45) is 35.5 Å². The molecule has 0 bridgehead atoms. The van der Waals surface area contributed by atoms with E-state index in [1.165, 1.54) is 12.8 Å². The van der Waals surface area contributed by atoms with Gasteiger partial charge in [0.1, 0.15) is 0 Å². The van der Waals surface area contributed by atoms with Gasteiger partial charge in [0.2, 0.25) is 0 Å². The molecule has 2 aliphatic carbocycles. The zero-order valence-corrected chi connectivity index (χ0v) is 15.6. The fourth-order valence-electron chi connectivity index (χ4n) is 5.74. The van der Waals surface area contributed by atoms with Crippen LogP contribution in [0.25, 0.3) is 0 Å². The van der Waals surface area contributed by atoms with E-state index in [1.807, 2.05) is 0 Å². The Balaban J connectivity index is 2.44. The van der Waals surface area contributed by atoms with Gasteiger partial charge in [0.25, 0.3) is 0 Å². The molecular weight excluding hydrogens is 272 g/mol. The summed E-state index contributed by atoms with van der Waals surface area (Å²) in [7, 11) is 0. The standard InChI is InChI=1S/C20H38O2/c1-13(2)17-9-7-15(5)11-19(17,21)20(22)12-16(6)8-10-18(20)14(3)4/h13-18,21-22H,7-12H2,1-6H3. The molecule has 0 aromatic carbocycles. The summed E-state index contributed by atoms with van der Waals surface area (Å²) in [5.74, 6) is 2.31. The molecule has 2 rings (SSSR count). The molecule has 6 atom stereocenters. The molecule has 6 unspecified atom stereocenters. The zero-order valence-electron chi connectivity index (χ0n) is 15.6. The highest BCUT2D eigenvalue weighted by atomic mass is 16.4. The summed E-state index contributed by atoms with van der Waals surface area (Å²) in [6, 6.07) is 0. The van der Waals surface area contributed by atoms with Crippen molar-refractivity contribution in [3.8, 4) is 0 Å². The van der Waals surface area contributed by atoms with Crippen LogP contribution >= 0.6 is 0 Å². The largest absolute Gasteiger partial charge is 0.387 e. The van der Waals surface area contributed by atoms with Gasteiger partial charge in [0.15, 0.2) is 0 Å². The minimum Gasteiger partial charge on any atom is -0.387 e. The molecule has 2 fully saturated rings. The topological polar surface area (TPSA) is 40.5 Å². The van der Waals surface area contributed by atoms with Crippen LogP contribution in [0.1, 0.15) is 80.1 Å². The molecule has 2 aliphatic rings. The smallest absolute Gasteiger partial charge is 0.0969 e. The minimum atomic E-state index is -0.914. The summed E-state index contributed by atoms with van der Waals surface area (Å²) in [6.07, 6.45) is 6.00. The van der Waals surface area contributed by atoms with Crippen molar-refractivity contribution in [2.45, 2.75) is 91.3 Å². The third kappa shape index (κ3) is 2.98. The maximum absolute atomic E-state index is 11.8. The lowest BCUT2D eigenvalue weighted by molar-refractivity contribution is -0.255. The molecule has 0 heterocycles. The molecule has 2 heteroatoms. The molecule has 0 saturated heterocycles. The van der Waals surface area contributed by atoms with E-state index in [0.717, 1.165) is 25.7 Å². The van der Waals surface area contributed by atoms with Crippen molar-refractivity contribution in [1.82, 2.24) is 0 Å². The molecule has 0 aromatic rings.